The molecule has 1 atom stereocenters. The monoisotopic (exact) mass is 539 g/mol. The van der Waals surface area contributed by atoms with Crippen molar-refractivity contribution in [3.63, 3.8) is 0 Å². The number of nitrogens with zero attached hydrogens (tertiary/aromatic N) is 2. The molecule has 1 unspecified atom stereocenters. The maximum absolute atomic E-state index is 13.6. The van der Waals surface area contributed by atoms with Crippen LogP contribution in [0.15, 0.2) is 113 Å². The normalized spacial score (nSPS) is 11.7. The van der Waals surface area contributed by atoms with Crippen LogP contribution in [0.5, 0.6) is 11.5 Å². The number of hydrogen-bond donors (Lipinski definition) is 1. The van der Waals surface area contributed by atoms with E-state index >= 15 is 0 Å². The van der Waals surface area contributed by atoms with E-state index < -0.39 is 5.25 Å². The van der Waals surface area contributed by atoms with E-state index in [4.69, 9.17) is 9.72 Å². The van der Waals surface area contributed by atoms with E-state index in [1.54, 1.807) is 41.8 Å². The quantitative estimate of drug-likeness (QED) is 0.122. The van der Waals surface area contributed by atoms with Crippen molar-refractivity contribution in [1.29, 1.82) is 0 Å². The summed E-state index contributed by atoms with van der Waals surface area (Å²) in [6.07, 6.45) is 1.66. The van der Waals surface area contributed by atoms with Crippen molar-refractivity contribution >= 4 is 44.9 Å². The van der Waals surface area contributed by atoms with Crippen LogP contribution in [-0.4, -0.2) is 20.7 Å². The Morgan fingerprint density at radius 3 is 2.39 bits per heavy atom. The number of anilines is 1. The maximum Gasteiger partial charge on any atom is 0.263 e. The van der Waals surface area contributed by atoms with Gasteiger partial charge in [0, 0.05) is 23.2 Å². The number of carbonyl (C=O) groups excluding carboxylic acids is 1. The van der Waals surface area contributed by atoms with Crippen LogP contribution in [0.25, 0.3) is 21.3 Å². The number of carbonyl (C=O) groups is 1. The minimum absolute atomic E-state index is 0.140. The van der Waals surface area contributed by atoms with Gasteiger partial charge in [0.05, 0.1) is 10.6 Å². The molecule has 0 bridgehead atoms. The molecule has 0 saturated heterocycles. The van der Waals surface area contributed by atoms with Gasteiger partial charge in [-0.15, -0.1) is 17.9 Å². The number of para-hydroxylation sites is 1. The summed E-state index contributed by atoms with van der Waals surface area (Å²) in [5.74, 6) is 1.22. The Morgan fingerprint density at radius 1 is 1.05 bits per heavy atom. The van der Waals surface area contributed by atoms with Gasteiger partial charge in [-0.1, -0.05) is 66.4 Å². The highest BCUT2D eigenvalue weighted by atomic mass is 32.2. The van der Waals surface area contributed by atoms with Gasteiger partial charge in [0.25, 0.3) is 5.56 Å². The van der Waals surface area contributed by atoms with E-state index in [1.807, 2.05) is 66.0 Å². The van der Waals surface area contributed by atoms with Crippen LogP contribution >= 0.6 is 23.1 Å². The van der Waals surface area contributed by atoms with Crippen LogP contribution in [0.1, 0.15) is 6.92 Å². The van der Waals surface area contributed by atoms with Gasteiger partial charge < -0.3 is 10.1 Å². The lowest BCUT2D eigenvalue weighted by atomic mass is 10.1. The molecule has 0 aliphatic carbocycles. The summed E-state index contributed by atoms with van der Waals surface area (Å²) in [6.45, 7) is 5.90. The number of ether oxygens (including phenoxy) is 1. The van der Waals surface area contributed by atoms with Crippen molar-refractivity contribution in [2.75, 3.05) is 5.32 Å². The molecule has 0 radical (unpaired) electrons. The zero-order valence-electron chi connectivity index (χ0n) is 20.7. The summed E-state index contributed by atoms with van der Waals surface area (Å²) in [5.41, 5.74) is 2.35. The van der Waals surface area contributed by atoms with Crippen molar-refractivity contribution in [3.05, 3.63) is 113 Å². The van der Waals surface area contributed by atoms with Crippen LogP contribution in [0, 0.1) is 0 Å². The lowest BCUT2D eigenvalue weighted by molar-refractivity contribution is -0.115. The van der Waals surface area contributed by atoms with E-state index in [0.717, 1.165) is 16.9 Å². The Kier molecular flexibility index (Phi) is 7.72. The largest absolute Gasteiger partial charge is 0.457 e. The Hall–Kier alpha value is -4.14. The standard InChI is InChI=1S/C30H25N3O3S2/c1-3-18-33-29(35)26-25(21-10-6-4-7-11-21)19-37-28(26)32-30(33)38-20(2)27(34)31-22-14-16-24(17-15-22)36-23-12-8-5-9-13-23/h3-17,19-20H,1,18H2,2H3,(H,31,34). The summed E-state index contributed by atoms with van der Waals surface area (Å²) >= 11 is 2.68. The fraction of sp³-hybridized carbons (Fsp3) is 0.100. The molecule has 0 spiro atoms. The molecular weight excluding hydrogens is 514 g/mol. The third kappa shape index (κ3) is 5.56. The predicted octanol–water partition coefficient (Wildman–Crippen LogP) is 7.22. The molecule has 3 aromatic carbocycles. The molecule has 0 aliphatic heterocycles. The number of thioether (sulfide) groups is 1. The smallest absolute Gasteiger partial charge is 0.263 e. The highest BCUT2D eigenvalue weighted by Gasteiger charge is 2.21. The third-order valence-corrected chi connectivity index (χ3v) is 7.77. The molecule has 6 nitrogen and oxygen atoms in total. The number of amides is 1. The minimum Gasteiger partial charge on any atom is -0.457 e. The first-order valence-electron chi connectivity index (χ1n) is 12.0. The zero-order chi connectivity index (χ0) is 26.5. The lowest BCUT2D eigenvalue weighted by Gasteiger charge is -2.15. The molecule has 5 aromatic rings. The van der Waals surface area contributed by atoms with E-state index in [9.17, 15) is 9.59 Å². The van der Waals surface area contributed by atoms with Crippen molar-refractivity contribution < 1.29 is 9.53 Å². The fourth-order valence-corrected chi connectivity index (χ4v) is 5.81. The Bertz CT molecular complexity index is 1630. The summed E-state index contributed by atoms with van der Waals surface area (Å²) in [5, 5.41) is 5.47. The van der Waals surface area contributed by atoms with Gasteiger partial charge in [-0.05, 0) is 48.9 Å². The van der Waals surface area contributed by atoms with Gasteiger partial charge in [-0.25, -0.2) is 4.98 Å². The first-order valence-corrected chi connectivity index (χ1v) is 13.8. The topological polar surface area (TPSA) is 73.2 Å². The third-order valence-electron chi connectivity index (χ3n) is 5.81. The molecule has 1 N–H and O–H groups in total. The van der Waals surface area contributed by atoms with E-state index in [0.29, 0.717) is 33.4 Å². The number of fused-ring (bicyclic) bond motifs is 1. The molecule has 8 heteroatoms. The van der Waals surface area contributed by atoms with Gasteiger partial charge in [0.2, 0.25) is 5.91 Å². The number of rotatable bonds is 9. The van der Waals surface area contributed by atoms with Gasteiger partial charge in [0.15, 0.2) is 5.16 Å². The van der Waals surface area contributed by atoms with Crippen LogP contribution in [0.2, 0.25) is 0 Å². The molecule has 38 heavy (non-hydrogen) atoms. The molecule has 2 heterocycles. The maximum atomic E-state index is 13.6. The zero-order valence-corrected chi connectivity index (χ0v) is 22.3. The second kappa shape index (κ2) is 11.5. The second-order valence-corrected chi connectivity index (χ2v) is 10.6. The number of hydrogen-bond acceptors (Lipinski definition) is 6. The molecule has 5 rings (SSSR count). The molecular formula is C30H25N3O3S2. The SMILES string of the molecule is C=CCn1c(SC(C)C(=O)Nc2ccc(Oc3ccccc3)cc2)nc2scc(-c3ccccc3)c2c1=O. The lowest BCUT2D eigenvalue weighted by Crippen LogP contribution is -2.26. The van der Waals surface area contributed by atoms with Crippen LogP contribution in [-0.2, 0) is 11.3 Å². The van der Waals surface area contributed by atoms with Crippen LogP contribution in [0.3, 0.4) is 0 Å². The number of aromatic nitrogens is 2. The Labute approximate surface area is 228 Å². The summed E-state index contributed by atoms with van der Waals surface area (Å²) in [6, 6.07) is 26.5. The summed E-state index contributed by atoms with van der Waals surface area (Å²) in [4.78, 5) is 32.0. The highest BCUT2D eigenvalue weighted by Crippen LogP contribution is 2.33. The van der Waals surface area contributed by atoms with Crippen molar-refractivity contribution in [1.82, 2.24) is 9.55 Å². The average molecular weight is 540 g/mol. The predicted molar refractivity (Wildman–Crippen MR) is 156 cm³/mol. The Morgan fingerprint density at radius 2 is 1.71 bits per heavy atom. The van der Waals surface area contributed by atoms with Crippen molar-refractivity contribution in [3.8, 4) is 22.6 Å². The van der Waals surface area contributed by atoms with E-state index in [1.165, 1.54) is 23.1 Å². The molecule has 0 aliphatic rings. The minimum atomic E-state index is -0.496. The van der Waals surface area contributed by atoms with Gasteiger partial charge in [-0.3, -0.25) is 14.2 Å². The van der Waals surface area contributed by atoms with Crippen LogP contribution in [0.4, 0.5) is 5.69 Å². The van der Waals surface area contributed by atoms with Crippen molar-refractivity contribution in [2.45, 2.75) is 23.9 Å². The molecule has 0 saturated carbocycles. The number of allylic oxidation sites excluding steroid dienone is 1. The average Bonchev–Trinajstić information content (AvgIpc) is 3.37. The first kappa shape index (κ1) is 25.5. The molecule has 0 fully saturated rings. The fourth-order valence-electron chi connectivity index (χ4n) is 3.90. The number of thiophene rings is 1. The van der Waals surface area contributed by atoms with Crippen molar-refractivity contribution in [2.24, 2.45) is 0 Å². The van der Waals surface area contributed by atoms with Gasteiger partial charge in [-0.2, -0.15) is 0 Å². The van der Waals surface area contributed by atoms with Crippen LogP contribution < -0.4 is 15.6 Å². The Balaban J connectivity index is 1.33. The summed E-state index contributed by atoms with van der Waals surface area (Å²) < 4.78 is 7.39. The molecule has 2 aromatic heterocycles. The first-order chi connectivity index (χ1) is 18.5. The van der Waals surface area contributed by atoms with Gasteiger partial charge in [0.1, 0.15) is 16.3 Å². The number of nitrogens with one attached hydrogen (secondary N) is 1. The summed E-state index contributed by atoms with van der Waals surface area (Å²) in [7, 11) is 0. The highest BCUT2D eigenvalue weighted by molar-refractivity contribution is 8.00. The van der Waals surface area contributed by atoms with E-state index in [-0.39, 0.29) is 11.5 Å². The number of benzene rings is 3. The molecule has 190 valence electrons. The van der Waals surface area contributed by atoms with E-state index in [2.05, 4.69) is 11.9 Å². The molecule has 1 amide bonds. The van der Waals surface area contributed by atoms with Gasteiger partial charge >= 0.3 is 0 Å². The second-order valence-electron chi connectivity index (χ2n) is 8.48.